The third-order valence-corrected chi connectivity index (χ3v) is 6.25. The highest BCUT2D eigenvalue weighted by Gasteiger charge is 2.52. The van der Waals surface area contributed by atoms with E-state index in [0.29, 0.717) is 27.8 Å². The number of carbonyl (C=O) groups excluding carboxylic acids is 1. The number of alkyl carbamates (subject to hydrolysis) is 1. The van der Waals surface area contributed by atoms with Gasteiger partial charge in [-0.1, -0.05) is 36.4 Å². The molecule has 0 atom stereocenters. The summed E-state index contributed by atoms with van der Waals surface area (Å²) >= 11 is 0. The molecule has 1 aliphatic heterocycles. The Morgan fingerprint density at radius 2 is 1.74 bits per heavy atom. The van der Waals surface area contributed by atoms with Crippen LogP contribution in [0.15, 0.2) is 60.3 Å². The summed E-state index contributed by atoms with van der Waals surface area (Å²) in [5.74, 6) is 0. The van der Waals surface area contributed by atoms with Crippen LogP contribution in [0.1, 0.15) is 38.8 Å². The zero-order valence-corrected chi connectivity index (χ0v) is 19.9. The van der Waals surface area contributed by atoms with Gasteiger partial charge in [0.25, 0.3) is 0 Å². The van der Waals surface area contributed by atoms with E-state index in [1.54, 1.807) is 18.5 Å². The van der Waals surface area contributed by atoms with Crippen LogP contribution in [0.4, 0.5) is 10.5 Å². The van der Waals surface area contributed by atoms with Gasteiger partial charge in [-0.3, -0.25) is 9.97 Å². The van der Waals surface area contributed by atoms with Gasteiger partial charge in [0.05, 0.1) is 22.2 Å². The molecule has 0 radical (unpaired) electrons. The van der Waals surface area contributed by atoms with Crippen LogP contribution < -0.4 is 11.1 Å². The Hall–Kier alpha value is -3.43. The van der Waals surface area contributed by atoms with Gasteiger partial charge in [0, 0.05) is 30.2 Å². The van der Waals surface area contributed by atoms with Gasteiger partial charge in [0.1, 0.15) is 6.61 Å². The molecule has 3 aromatic rings. The van der Waals surface area contributed by atoms with Crippen molar-refractivity contribution >= 4 is 36.0 Å². The molecule has 0 aliphatic carbocycles. The Kier molecular flexibility index (Phi) is 6.59. The van der Waals surface area contributed by atoms with Crippen molar-refractivity contribution in [3.63, 3.8) is 0 Å². The first kappa shape index (κ1) is 23.7. The van der Waals surface area contributed by atoms with Crippen LogP contribution in [-0.4, -0.2) is 40.9 Å². The second-order valence-electron chi connectivity index (χ2n) is 9.22. The highest BCUT2D eigenvalue weighted by molar-refractivity contribution is 6.56. The Balaban J connectivity index is 1.60. The number of nitrogens with two attached hydrogens (primary N) is 1. The molecule has 4 rings (SSSR count). The zero-order valence-electron chi connectivity index (χ0n) is 19.9. The van der Waals surface area contributed by atoms with E-state index in [9.17, 15) is 4.79 Å². The number of nitrogens with zero attached hydrogens (tertiary/aromatic N) is 2. The van der Waals surface area contributed by atoms with Crippen LogP contribution >= 0.6 is 0 Å². The molecule has 34 heavy (non-hydrogen) atoms. The number of fused-ring (bicyclic) bond motifs is 1. The predicted molar refractivity (Wildman–Crippen MR) is 133 cm³/mol. The average Bonchev–Trinajstić information content (AvgIpc) is 3.03. The van der Waals surface area contributed by atoms with Crippen molar-refractivity contribution in [3.8, 4) is 0 Å². The highest BCUT2D eigenvalue weighted by atomic mass is 16.7. The maximum Gasteiger partial charge on any atom is 0.492 e. The standard InChI is InChI=1S/C25H29BN4O4/c1-24(2)25(3,4)34-26(33-24)18(15-30-23(31)32-16-17-8-6-5-7-9-17)14-19-20(27)10-11-21-22(19)29-13-12-28-21/h5-14H,15-16,27H2,1-4H3,(H,30,31). The smallest absolute Gasteiger partial charge is 0.445 e. The van der Waals surface area contributed by atoms with E-state index < -0.39 is 24.4 Å². The molecular formula is C25H29BN4O4. The molecule has 0 bridgehead atoms. The van der Waals surface area contributed by atoms with Crippen LogP contribution in [0.5, 0.6) is 0 Å². The van der Waals surface area contributed by atoms with Gasteiger partial charge in [-0.25, -0.2) is 4.79 Å². The van der Waals surface area contributed by atoms with Gasteiger partial charge in [-0.2, -0.15) is 0 Å². The van der Waals surface area contributed by atoms with Crippen LogP contribution in [-0.2, 0) is 20.7 Å². The number of hydrogen-bond donors (Lipinski definition) is 2. The molecule has 0 spiro atoms. The fraction of sp³-hybridized carbons (Fsp3) is 0.320. The number of ether oxygens (including phenoxy) is 1. The van der Waals surface area contributed by atoms with Crippen molar-refractivity contribution in [1.29, 1.82) is 0 Å². The van der Waals surface area contributed by atoms with Crippen molar-refractivity contribution in [2.24, 2.45) is 0 Å². The molecule has 0 unspecified atom stereocenters. The second-order valence-corrected chi connectivity index (χ2v) is 9.22. The Morgan fingerprint density at radius 1 is 1.06 bits per heavy atom. The van der Waals surface area contributed by atoms with E-state index in [2.05, 4.69) is 15.3 Å². The predicted octanol–water partition coefficient (Wildman–Crippen LogP) is 4.15. The minimum Gasteiger partial charge on any atom is -0.445 e. The number of aromatic nitrogens is 2. The lowest BCUT2D eigenvalue weighted by molar-refractivity contribution is 0.00578. The normalized spacial score (nSPS) is 17.1. The average molecular weight is 460 g/mol. The van der Waals surface area contributed by atoms with E-state index in [1.165, 1.54) is 0 Å². The fourth-order valence-corrected chi connectivity index (χ4v) is 3.56. The first-order valence-electron chi connectivity index (χ1n) is 11.2. The van der Waals surface area contributed by atoms with E-state index >= 15 is 0 Å². The Bertz CT molecular complexity index is 1200. The molecule has 8 nitrogen and oxygen atoms in total. The van der Waals surface area contributed by atoms with Crippen LogP contribution in [0.3, 0.4) is 0 Å². The van der Waals surface area contributed by atoms with Gasteiger partial charge < -0.3 is 25.1 Å². The van der Waals surface area contributed by atoms with E-state index in [0.717, 1.165) is 5.56 Å². The molecule has 3 N–H and O–H groups in total. The van der Waals surface area contributed by atoms with Crippen molar-refractivity contribution in [3.05, 3.63) is 71.5 Å². The summed E-state index contributed by atoms with van der Waals surface area (Å²) < 4.78 is 17.9. The Morgan fingerprint density at radius 3 is 2.44 bits per heavy atom. The SMILES string of the molecule is CC1(C)OB(C(=Cc2c(N)ccc3nccnc23)CNC(=O)OCc2ccccc2)OC1(C)C. The molecule has 1 aliphatic rings. The summed E-state index contributed by atoms with van der Waals surface area (Å²) in [6, 6.07) is 13.1. The molecule has 1 fully saturated rings. The molecule has 1 amide bonds. The van der Waals surface area contributed by atoms with Gasteiger partial charge in [0.2, 0.25) is 0 Å². The van der Waals surface area contributed by atoms with Gasteiger partial charge in [-0.15, -0.1) is 0 Å². The summed E-state index contributed by atoms with van der Waals surface area (Å²) in [5, 5.41) is 2.81. The number of nitrogens with one attached hydrogen (secondary N) is 1. The lowest BCUT2D eigenvalue weighted by atomic mass is 9.76. The minimum atomic E-state index is -0.689. The highest BCUT2D eigenvalue weighted by Crippen LogP contribution is 2.39. The first-order chi connectivity index (χ1) is 16.2. The summed E-state index contributed by atoms with van der Waals surface area (Å²) in [6.45, 7) is 8.22. The number of anilines is 1. The number of amides is 1. The maximum absolute atomic E-state index is 12.4. The monoisotopic (exact) mass is 460 g/mol. The molecule has 176 valence electrons. The Labute approximate surface area is 199 Å². The number of hydrogen-bond acceptors (Lipinski definition) is 7. The van der Waals surface area contributed by atoms with Gasteiger partial charge >= 0.3 is 13.2 Å². The van der Waals surface area contributed by atoms with Crippen molar-refractivity contribution in [2.45, 2.75) is 45.5 Å². The van der Waals surface area contributed by atoms with E-state index in [1.807, 2.05) is 70.2 Å². The van der Waals surface area contributed by atoms with Crippen LogP contribution in [0.2, 0.25) is 0 Å². The molecule has 2 heterocycles. The van der Waals surface area contributed by atoms with Gasteiger partial charge in [0.15, 0.2) is 0 Å². The molecule has 0 saturated carbocycles. The summed E-state index contributed by atoms with van der Waals surface area (Å²) in [6.07, 6.45) is 4.56. The largest absolute Gasteiger partial charge is 0.492 e. The van der Waals surface area contributed by atoms with Crippen molar-refractivity contribution in [1.82, 2.24) is 15.3 Å². The third kappa shape index (κ3) is 5.05. The van der Waals surface area contributed by atoms with Crippen LogP contribution in [0.25, 0.3) is 17.1 Å². The van der Waals surface area contributed by atoms with E-state index in [-0.39, 0.29) is 13.2 Å². The molecule has 1 aromatic heterocycles. The summed E-state index contributed by atoms with van der Waals surface area (Å²) in [7, 11) is -0.689. The molecule has 2 aromatic carbocycles. The van der Waals surface area contributed by atoms with Crippen LogP contribution in [0, 0.1) is 0 Å². The quantitative estimate of drug-likeness (QED) is 0.420. The zero-order chi connectivity index (χ0) is 24.3. The lowest BCUT2D eigenvalue weighted by Gasteiger charge is -2.32. The minimum absolute atomic E-state index is 0.139. The number of carbonyl (C=O) groups is 1. The fourth-order valence-electron chi connectivity index (χ4n) is 3.56. The topological polar surface area (TPSA) is 109 Å². The number of benzene rings is 2. The summed E-state index contributed by atoms with van der Waals surface area (Å²) in [5.41, 5.74) is 9.39. The first-order valence-corrected chi connectivity index (χ1v) is 11.2. The van der Waals surface area contributed by atoms with E-state index in [4.69, 9.17) is 19.8 Å². The molecular weight excluding hydrogens is 431 g/mol. The third-order valence-electron chi connectivity index (χ3n) is 6.25. The molecule has 9 heteroatoms. The maximum atomic E-state index is 12.4. The van der Waals surface area contributed by atoms with Crippen molar-refractivity contribution in [2.75, 3.05) is 12.3 Å². The van der Waals surface area contributed by atoms with Gasteiger partial charge in [-0.05, 0) is 50.9 Å². The number of rotatable bonds is 6. The van der Waals surface area contributed by atoms with Crippen molar-refractivity contribution < 1.29 is 18.8 Å². The summed E-state index contributed by atoms with van der Waals surface area (Å²) in [4.78, 5) is 21.3. The number of nitrogen functional groups attached to an aromatic ring is 1. The molecule has 1 saturated heterocycles. The lowest BCUT2D eigenvalue weighted by Crippen LogP contribution is -2.41. The second kappa shape index (κ2) is 9.44.